The van der Waals surface area contributed by atoms with Gasteiger partial charge in [-0.2, -0.15) is 0 Å². The van der Waals surface area contributed by atoms with E-state index in [1.165, 1.54) is 0 Å². The number of hydrogen-bond donors (Lipinski definition) is 1. The minimum absolute atomic E-state index is 0.323. The lowest BCUT2D eigenvalue weighted by molar-refractivity contribution is 0.198. The van der Waals surface area contributed by atoms with Gasteiger partial charge in [-0.25, -0.2) is 0 Å². The van der Waals surface area contributed by atoms with E-state index in [-0.39, 0.29) is 0 Å². The highest BCUT2D eigenvalue weighted by atomic mass is 35.5. The number of halogens is 2. The monoisotopic (exact) mass is 235 g/mol. The Labute approximate surface area is 92.6 Å². The molecule has 0 radical (unpaired) electrons. The number of nitrogens with zero attached hydrogens (tertiary/aromatic N) is 2. The maximum Gasteiger partial charge on any atom is 0.174 e. The van der Waals surface area contributed by atoms with Gasteiger partial charge in [0.1, 0.15) is 0 Å². The Hall–Kier alpha value is -0.580. The fraction of sp³-hybridized carbons (Fsp3) is 0.500. The van der Waals surface area contributed by atoms with E-state index < -0.39 is 0 Å². The molecule has 0 fully saturated rings. The summed E-state index contributed by atoms with van der Waals surface area (Å²) >= 11 is 11.4. The zero-order valence-corrected chi connectivity index (χ0v) is 9.27. The molecule has 78 valence electrons. The molecular weight excluding hydrogens is 225 g/mol. The molecule has 14 heavy (non-hydrogen) atoms. The molecule has 6 heteroatoms. The minimum Gasteiger partial charge on any atom is -0.385 e. The van der Waals surface area contributed by atoms with E-state index in [2.05, 4.69) is 15.5 Å². The Morgan fingerprint density at radius 3 is 2.93 bits per heavy atom. The van der Waals surface area contributed by atoms with Crippen LogP contribution in [0.2, 0.25) is 10.3 Å². The largest absolute Gasteiger partial charge is 0.385 e. The summed E-state index contributed by atoms with van der Waals surface area (Å²) in [6.07, 6.45) is 0.896. The second kappa shape index (κ2) is 6.01. The van der Waals surface area contributed by atoms with Gasteiger partial charge < -0.3 is 10.1 Å². The fourth-order valence-corrected chi connectivity index (χ4v) is 1.22. The third-order valence-corrected chi connectivity index (χ3v) is 2.02. The molecule has 0 saturated heterocycles. The van der Waals surface area contributed by atoms with Crippen molar-refractivity contribution in [2.45, 2.75) is 6.42 Å². The summed E-state index contributed by atoms with van der Waals surface area (Å²) in [6.45, 7) is 1.46. The molecule has 1 N–H and O–H groups in total. The van der Waals surface area contributed by atoms with Gasteiger partial charge in [-0.05, 0) is 6.42 Å². The number of ether oxygens (including phenoxy) is 1. The van der Waals surface area contributed by atoms with E-state index >= 15 is 0 Å². The molecule has 0 aromatic carbocycles. The van der Waals surface area contributed by atoms with Crippen LogP contribution in [-0.4, -0.2) is 30.5 Å². The van der Waals surface area contributed by atoms with Gasteiger partial charge in [0.2, 0.25) is 0 Å². The van der Waals surface area contributed by atoms with Crippen molar-refractivity contribution in [3.63, 3.8) is 0 Å². The molecule has 0 saturated carbocycles. The van der Waals surface area contributed by atoms with Crippen molar-refractivity contribution < 1.29 is 4.74 Å². The van der Waals surface area contributed by atoms with E-state index in [0.29, 0.717) is 22.6 Å². The lowest BCUT2D eigenvalue weighted by atomic mass is 10.4. The number of methoxy groups -OCH3 is 1. The van der Waals surface area contributed by atoms with Crippen LogP contribution in [0.5, 0.6) is 0 Å². The van der Waals surface area contributed by atoms with E-state index in [9.17, 15) is 0 Å². The topological polar surface area (TPSA) is 47.0 Å². The lowest BCUT2D eigenvalue weighted by Gasteiger charge is -2.06. The minimum atomic E-state index is 0.323. The molecular formula is C8H11Cl2N3O. The smallest absolute Gasteiger partial charge is 0.174 e. The predicted octanol–water partition coefficient (Wildman–Crippen LogP) is 2.23. The third-order valence-electron chi connectivity index (χ3n) is 1.56. The van der Waals surface area contributed by atoms with Crippen LogP contribution in [0.4, 0.5) is 5.69 Å². The number of rotatable bonds is 5. The van der Waals surface area contributed by atoms with E-state index in [1.807, 2.05) is 0 Å². The molecule has 0 aliphatic heterocycles. The zero-order valence-electron chi connectivity index (χ0n) is 7.76. The van der Waals surface area contributed by atoms with Crippen LogP contribution in [0.1, 0.15) is 6.42 Å². The van der Waals surface area contributed by atoms with E-state index in [4.69, 9.17) is 27.9 Å². The van der Waals surface area contributed by atoms with Crippen molar-refractivity contribution >= 4 is 28.9 Å². The van der Waals surface area contributed by atoms with E-state index in [0.717, 1.165) is 13.0 Å². The van der Waals surface area contributed by atoms with Crippen molar-refractivity contribution in [1.29, 1.82) is 0 Å². The van der Waals surface area contributed by atoms with Crippen LogP contribution < -0.4 is 5.32 Å². The second-order valence-corrected chi connectivity index (χ2v) is 3.39. The number of anilines is 1. The molecule has 1 aromatic heterocycles. The Kier molecular flexibility index (Phi) is 4.93. The molecule has 0 atom stereocenters. The lowest BCUT2D eigenvalue weighted by Crippen LogP contribution is -2.05. The zero-order chi connectivity index (χ0) is 10.4. The summed E-state index contributed by atoms with van der Waals surface area (Å²) in [6, 6.07) is 1.64. The second-order valence-electron chi connectivity index (χ2n) is 2.64. The Morgan fingerprint density at radius 1 is 1.43 bits per heavy atom. The van der Waals surface area contributed by atoms with Crippen LogP contribution in [-0.2, 0) is 4.74 Å². The first-order valence-corrected chi connectivity index (χ1v) is 4.91. The molecule has 1 aromatic rings. The summed E-state index contributed by atoms with van der Waals surface area (Å²) in [5, 5.41) is 11.0. The summed E-state index contributed by atoms with van der Waals surface area (Å²) in [5.41, 5.74) is 0.697. The van der Waals surface area contributed by atoms with Crippen molar-refractivity contribution in [2.24, 2.45) is 0 Å². The van der Waals surface area contributed by atoms with Crippen molar-refractivity contribution in [3.05, 3.63) is 16.4 Å². The van der Waals surface area contributed by atoms with Gasteiger partial charge in [-0.15, -0.1) is 10.2 Å². The maximum atomic E-state index is 5.78. The van der Waals surface area contributed by atoms with Gasteiger partial charge in [0.05, 0.1) is 5.69 Å². The highest BCUT2D eigenvalue weighted by Crippen LogP contribution is 2.20. The van der Waals surface area contributed by atoms with Crippen molar-refractivity contribution in [2.75, 3.05) is 25.6 Å². The molecule has 0 bridgehead atoms. The first-order valence-electron chi connectivity index (χ1n) is 4.15. The average molecular weight is 236 g/mol. The first kappa shape index (κ1) is 11.5. The van der Waals surface area contributed by atoms with Crippen molar-refractivity contribution in [1.82, 2.24) is 10.2 Å². The number of nitrogens with one attached hydrogen (secondary N) is 1. The van der Waals surface area contributed by atoms with Crippen LogP contribution >= 0.6 is 23.2 Å². The molecule has 1 rings (SSSR count). The number of aromatic nitrogens is 2. The SMILES string of the molecule is COCCCNc1cc(Cl)nnc1Cl. The van der Waals surface area contributed by atoms with Crippen LogP contribution in [0.25, 0.3) is 0 Å². The Morgan fingerprint density at radius 2 is 2.21 bits per heavy atom. The van der Waals surface area contributed by atoms with Crippen molar-refractivity contribution in [3.8, 4) is 0 Å². The fourth-order valence-electron chi connectivity index (χ4n) is 0.917. The van der Waals surface area contributed by atoms with Gasteiger partial charge in [-0.3, -0.25) is 0 Å². The summed E-state index contributed by atoms with van der Waals surface area (Å²) < 4.78 is 4.91. The molecule has 0 unspecified atom stereocenters. The quantitative estimate of drug-likeness (QED) is 0.796. The first-order chi connectivity index (χ1) is 6.74. The summed E-state index contributed by atoms with van der Waals surface area (Å²) in [7, 11) is 1.66. The number of hydrogen-bond acceptors (Lipinski definition) is 4. The summed E-state index contributed by atoms with van der Waals surface area (Å²) in [4.78, 5) is 0. The molecule has 4 nitrogen and oxygen atoms in total. The molecule has 0 spiro atoms. The molecule has 0 amide bonds. The van der Waals surface area contributed by atoms with E-state index in [1.54, 1.807) is 13.2 Å². The van der Waals surface area contributed by atoms with Crippen LogP contribution in [0.3, 0.4) is 0 Å². The van der Waals surface area contributed by atoms with Gasteiger partial charge in [-0.1, -0.05) is 23.2 Å². The highest BCUT2D eigenvalue weighted by molar-refractivity contribution is 6.33. The van der Waals surface area contributed by atoms with Gasteiger partial charge in [0, 0.05) is 26.3 Å². The Bertz CT molecular complexity index is 296. The highest BCUT2D eigenvalue weighted by Gasteiger charge is 2.02. The molecule has 0 aliphatic rings. The molecule has 0 aliphatic carbocycles. The molecule has 1 heterocycles. The average Bonchev–Trinajstić information content (AvgIpc) is 2.18. The van der Waals surface area contributed by atoms with Gasteiger partial charge in [0.25, 0.3) is 0 Å². The third kappa shape index (κ3) is 3.65. The van der Waals surface area contributed by atoms with Gasteiger partial charge in [0.15, 0.2) is 10.3 Å². The van der Waals surface area contributed by atoms with Crippen LogP contribution in [0.15, 0.2) is 6.07 Å². The van der Waals surface area contributed by atoms with Crippen LogP contribution in [0, 0.1) is 0 Å². The predicted molar refractivity (Wildman–Crippen MR) is 57.0 cm³/mol. The van der Waals surface area contributed by atoms with Gasteiger partial charge >= 0.3 is 0 Å². The normalized spacial score (nSPS) is 10.2. The maximum absolute atomic E-state index is 5.78. The Balaban J connectivity index is 2.45. The standard InChI is InChI=1S/C8H11Cl2N3O/c1-14-4-2-3-11-6-5-7(9)12-13-8(6)10/h5H,2-4H2,1H3,(H,11,12). The summed E-state index contributed by atoms with van der Waals surface area (Å²) in [5.74, 6) is 0.